The van der Waals surface area contributed by atoms with Crippen molar-refractivity contribution >= 4 is 28.3 Å². The second kappa shape index (κ2) is 7.55. The number of thiophene rings is 1. The predicted octanol–water partition coefficient (Wildman–Crippen LogP) is 2.52. The van der Waals surface area contributed by atoms with Crippen molar-refractivity contribution in [2.24, 2.45) is 7.05 Å². The third-order valence-electron chi connectivity index (χ3n) is 5.57. The van der Waals surface area contributed by atoms with E-state index in [4.69, 9.17) is 14.2 Å². The molecule has 0 aliphatic carbocycles. The van der Waals surface area contributed by atoms with Gasteiger partial charge < -0.3 is 24.3 Å². The summed E-state index contributed by atoms with van der Waals surface area (Å²) in [5.41, 5.74) is 0.572. The van der Waals surface area contributed by atoms with Gasteiger partial charge in [-0.25, -0.2) is 9.59 Å². The van der Waals surface area contributed by atoms with Crippen LogP contribution in [-0.4, -0.2) is 45.9 Å². The van der Waals surface area contributed by atoms with Crippen LogP contribution in [0.15, 0.2) is 27.8 Å². The lowest BCUT2D eigenvalue weighted by atomic mass is 10.0. The van der Waals surface area contributed by atoms with Gasteiger partial charge in [-0.3, -0.25) is 14.3 Å². The van der Waals surface area contributed by atoms with Crippen molar-refractivity contribution in [3.05, 3.63) is 49.5 Å². The van der Waals surface area contributed by atoms with E-state index >= 15 is 0 Å². The van der Waals surface area contributed by atoms with E-state index in [2.05, 4.69) is 9.97 Å². The van der Waals surface area contributed by atoms with E-state index in [1.54, 1.807) is 25.1 Å². The van der Waals surface area contributed by atoms with Gasteiger partial charge in [0.05, 0.1) is 23.1 Å². The molecule has 0 saturated heterocycles. The van der Waals surface area contributed by atoms with Gasteiger partial charge in [0.1, 0.15) is 30.2 Å². The zero-order valence-corrected chi connectivity index (χ0v) is 18.7. The van der Waals surface area contributed by atoms with Gasteiger partial charge >= 0.3 is 11.7 Å². The highest BCUT2D eigenvalue weighted by Gasteiger charge is 2.29. The Balaban J connectivity index is 1.87. The third kappa shape index (κ3) is 3.11. The number of carbonyl (C=O) groups excluding carboxylic acids is 1. The SMILES string of the molecule is COC(=O)c1c(C)sc(-c2c(-c3ccc4c(c3)OCCO4)[nH]c3c2c(=O)[nH]c(=O)n3C)c1O. The number of aromatic amines is 2. The molecule has 0 radical (unpaired) electrons. The fourth-order valence-corrected chi connectivity index (χ4v) is 5.08. The number of nitrogens with zero attached hydrogens (tertiary/aromatic N) is 1. The summed E-state index contributed by atoms with van der Waals surface area (Å²) in [6.07, 6.45) is 0. The Bertz CT molecular complexity index is 1560. The van der Waals surface area contributed by atoms with Crippen LogP contribution < -0.4 is 20.7 Å². The molecular formula is C22H19N3O7S. The highest BCUT2D eigenvalue weighted by atomic mass is 32.1. The number of aromatic hydroxyl groups is 1. The van der Waals surface area contributed by atoms with Gasteiger partial charge in [-0.05, 0) is 25.1 Å². The highest BCUT2D eigenvalue weighted by Crippen LogP contribution is 2.48. The quantitative estimate of drug-likeness (QED) is 0.392. The summed E-state index contributed by atoms with van der Waals surface area (Å²) < 4.78 is 17.4. The first kappa shape index (κ1) is 20.9. The van der Waals surface area contributed by atoms with Crippen molar-refractivity contribution in [2.45, 2.75) is 6.92 Å². The molecule has 10 nitrogen and oxygen atoms in total. The Morgan fingerprint density at radius 2 is 1.91 bits per heavy atom. The molecule has 0 unspecified atom stereocenters. The first-order chi connectivity index (χ1) is 15.8. The van der Waals surface area contributed by atoms with Crippen LogP contribution in [0.4, 0.5) is 0 Å². The van der Waals surface area contributed by atoms with Crippen LogP contribution >= 0.6 is 11.3 Å². The summed E-state index contributed by atoms with van der Waals surface area (Å²) in [5, 5.41) is 11.2. The van der Waals surface area contributed by atoms with E-state index in [1.807, 2.05) is 0 Å². The number of nitrogens with one attached hydrogen (secondary N) is 2. The van der Waals surface area contributed by atoms with Crippen molar-refractivity contribution in [3.63, 3.8) is 0 Å². The molecule has 0 fully saturated rings. The van der Waals surface area contributed by atoms with E-state index in [1.165, 1.54) is 18.7 Å². The van der Waals surface area contributed by atoms with Crippen molar-refractivity contribution in [2.75, 3.05) is 20.3 Å². The minimum absolute atomic E-state index is 0.0289. The predicted molar refractivity (Wildman–Crippen MR) is 122 cm³/mol. The van der Waals surface area contributed by atoms with Crippen molar-refractivity contribution in [1.29, 1.82) is 0 Å². The molecular weight excluding hydrogens is 450 g/mol. The standard InChI is InChI=1S/C22H19N3O7S/c1-9-13(21(28)30-3)17(26)18(33-9)14-15-19(25(2)22(29)24-20(15)27)23-16(14)10-4-5-11-12(8-10)32-7-6-31-11/h4-5,8,23,26H,6-7H2,1-3H3,(H,24,27,29). The molecule has 4 heterocycles. The van der Waals surface area contributed by atoms with Crippen LogP contribution in [0.1, 0.15) is 15.2 Å². The molecule has 0 bridgehead atoms. The molecule has 5 rings (SSSR count). The van der Waals surface area contributed by atoms with Crippen molar-refractivity contribution in [3.8, 4) is 38.9 Å². The smallest absolute Gasteiger partial charge is 0.342 e. The summed E-state index contributed by atoms with van der Waals surface area (Å²) in [4.78, 5) is 43.7. The number of carbonyl (C=O) groups is 1. The summed E-state index contributed by atoms with van der Waals surface area (Å²) in [7, 11) is 2.75. The lowest BCUT2D eigenvalue weighted by molar-refractivity contribution is 0.0597. The molecule has 0 atom stereocenters. The van der Waals surface area contributed by atoms with Gasteiger partial charge in [-0.15, -0.1) is 11.3 Å². The Hall–Kier alpha value is -3.99. The fourth-order valence-electron chi connectivity index (χ4n) is 3.99. The number of methoxy groups -OCH3 is 1. The number of aromatic nitrogens is 3. The number of ether oxygens (including phenoxy) is 3. The van der Waals surface area contributed by atoms with Gasteiger partial charge in [0.15, 0.2) is 11.5 Å². The van der Waals surface area contributed by atoms with Gasteiger partial charge in [0.2, 0.25) is 0 Å². The molecule has 1 aromatic carbocycles. The minimum Gasteiger partial charge on any atom is -0.505 e. The van der Waals surface area contributed by atoms with Crippen LogP contribution in [0.2, 0.25) is 0 Å². The van der Waals surface area contributed by atoms with Gasteiger partial charge in [-0.1, -0.05) is 0 Å². The third-order valence-corrected chi connectivity index (χ3v) is 6.69. The molecule has 0 saturated carbocycles. The maximum absolute atomic E-state index is 12.9. The molecule has 4 aromatic rings. The molecule has 1 aliphatic heterocycles. The van der Waals surface area contributed by atoms with Crippen LogP contribution in [0.3, 0.4) is 0 Å². The second-order valence-electron chi connectivity index (χ2n) is 7.48. The minimum atomic E-state index is -0.686. The zero-order valence-electron chi connectivity index (χ0n) is 17.9. The highest BCUT2D eigenvalue weighted by molar-refractivity contribution is 7.16. The van der Waals surface area contributed by atoms with Gasteiger partial charge in [0, 0.05) is 23.1 Å². The van der Waals surface area contributed by atoms with Crippen LogP contribution in [0.5, 0.6) is 17.2 Å². The average molecular weight is 469 g/mol. The Kier molecular flexibility index (Phi) is 4.78. The van der Waals surface area contributed by atoms with E-state index in [9.17, 15) is 19.5 Å². The number of H-pyrrole nitrogens is 2. The molecule has 1 aliphatic rings. The fraction of sp³-hybridized carbons (Fsp3) is 0.227. The number of hydrogen-bond donors (Lipinski definition) is 3. The second-order valence-corrected chi connectivity index (χ2v) is 8.70. The van der Waals surface area contributed by atoms with Crippen molar-refractivity contribution in [1.82, 2.24) is 14.5 Å². The van der Waals surface area contributed by atoms with E-state index in [-0.39, 0.29) is 22.3 Å². The Morgan fingerprint density at radius 3 is 2.64 bits per heavy atom. The summed E-state index contributed by atoms with van der Waals surface area (Å²) >= 11 is 1.15. The number of esters is 1. The van der Waals surface area contributed by atoms with Crippen LogP contribution in [0, 0.1) is 6.92 Å². The monoisotopic (exact) mass is 469 g/mol. The number of rotatable bonds is 3. The molecule has 0 amide bonds. The average Bonchev–Trinajstić information content (AvgIpc) is 3.34. The number of hydrogen-bond acceptors (Lipinski definition) is 8. The lowest BCUT2D eigenvalue weighted by Gasteiger charge is -2.19. The Morgan fingerprint density at radius 1 is 1.18 bits per heavy atom. The summed E-state index contributed by atoms with van der Waals surface area (Å²) in [6, 6.07) is 5.29. The lowest BCUT2D eigenvalue weighted by Crippen LogP contribution is -2.28. The van der Waals surface area contributed by atoms with Crippen LogP contribution in [-0.2, 0) is 11.8 Å². The molecule has 33 heavy (non-hydrogen) atoms. The summed E-state index contributed by atoms with van der Waals surface area (Å²) in [5.74, 6) is 0.149. The topological polar surface area (TPSA) is 136 Å². The van der Waals surface area contributed by atoms with Gasteiger partial charge in [-0.2, -0.15) is 0 Å². The molecule has 11 heteroatoms. The number of benzene rings is 1. The summed E-state index contributed by atoms with van der Waals surface area (Å²) in [6.45, 7) is 2.52. The molecule has 0 spiro atoms. The molecule has 3 aromatic heterocycles. The van der Waals surface area contributed by atoms with E-state index in [0.29, 0.717) is 51.3 Å². The maximum Gasteiger partial charge on any atom is 0.342 e. The largest absolute Gasteiger partial charge is 0.505 e. The number of aryl methyl sites for hydroxylation is 2. The van der Waals surface area contributed by atoms with Crippen molar-refractivity contribution < 1.29 is 24.1 Å². The van der Waals surface area contributed by atoms with Gasteiger partial charge in [0.25, 0.3) is 5.56 Å². The Labute approximate surface area is 190 Å². The first-order valence-corrected chi connectivity index (χ1v) is 10.8. The molecule has 3 N–H and O–H groups in total. The first-order valence-electron chi connectivity index (χ1n) is 9.97. The normalized spacial score (nSPS) is 12.8. The maximum atomic E-state index is 12.9. The number of fused-ring (bicyclic) bond motifs is 2. The zero-order chi connectivity index (χ0) is 23.4. The van der Waals surface area contributed by atoms with E-state index < -0.39 is 17.2 Å². The van der Waals surface area contributed by atoms with E-state index in [0.717, 1.165) is 11.3 Å². The van der Waals surface area contributed by atoms with Crippen LogP contribution in [0.25, 0.3) is 32.7 Å². The molecule has 170 valence electrons.